The Bertz CT molecular complexity index is 1130. The Balaban J connectivity index is 1.67. The molecule has 0 aromatic heterocycles. The van der Waals surface area contributed by atoms with E-state index >= 15 is 0 Å². The molecule has 3 aromatic carbocycles. The maximum Gasteiger partial charge on any atom is 0.283 e. The molecule has 0 fully saturated rings. The van der Waals surface area contributed by atoms with Crippen molar-refractivity contribution >= 4 is 41.2 Å². The molecule has 0 saturated carbocycles. The van der Waals surface area contributed by atoms with Gasteiger partial charge in [0.25, 0.3) is 11.6 Å². The molecule has 0 heterocycles. The lowest BCUT2D eigenvalue weighted by atomic mass is 10.2. The molecular formula is C22H18N4O4S. The SMILES string of the molecule is CC(=O)Nc1ccc(C(=O)N/N=C/c2ccc(Sc3ccccc3)c([N+](=O)[O-])c2)cc1. The molecule has 2 amide bonds. The van der Waals surface area contributed by atoms with E-state index in [1.807, 2.05) is 30.3 Å². The number of nitrogens with one attached hydrogen (secondary N) is 2. The molecule has 0 aliphatic carbocycles. The zero-order valence-electron chi connectivity index (χ0n) is 16.4. The summed E-state index contributed by atoms with van der Waals surface area (Å²) in [5.74, 6) is -0.652. The number of nitro groups is 1. The van der Waals surface area contributed by atoms with Crippen molar-refractivity contribution in [3.63, 3.8) is 0 Å². The van der Waals surface area contributed by atoms with Gasteiger partial charge in [-0.1, -0.05) is 36.0 Å². The highest BCUT2D eigenvalue weighted by Gasteiger charge is 2.15. The third-order valence-corrected chi connectivity index (χ3v) is 5.07. The number of anilines is 1. The van der Waals surface area contributed by atoms with Gasteiger partial charge < -0.3 is 5.32 Å². The minimum atomic E-state index is -0.448. The number of hydrogen-bond donors (Lipinski definition) is 2. The molecule has 0 aliphatic rings. The van der Waals surface area contributed by atoms with Crippen LogP contribution in [0.4, 0.5) is 11.4 Å². The molecule has 0 saturated heterocycles. The number of nitro benzene ring substituents is 1. The molecule has 0 spiro atoms. The molecule has 9 heteroatoms. The van der Waals surface area contributed by atoms with Gasteiger partial charge in [0.2, 0.25) is 5.91 Å². The maximum atomic E-state index is 12.2. The van der Waals surface area contributed by atoms with Gasteiger partial charge in [0.1, 0.15) is 0 Å². The van der Waals surface area contributed by atoms with E-state index in [2.05, 4.69) is 15.8 Å². The molecule has 3 rings (SSSR count). The molecule has 0 unspecified atom stereocenters. The molecular weight excluding hydrogens is 416 g/mol. The fourth-order valence-corrected chi connectivity index (χ4v) is 3.52. The first-order valence-corrected chi connectivity index (χ1v) is 9.96. The molecule has 0 aliphatic heterocycles. The summed E-state index contributed by atoms with van der Waals surface area (Å²) in [5, 5.41) is 18.0. The van der Waals surface area contributed by atoms with E-state index in [4.69, 9.17) is 0 Å². The van der Waals surface area contributed by atoms with Gasteiger partial charge in [-0.05, 0) is 42.5 Å². The fourth-order valence-electron chi connectivity index (χ4n) is 2.60. The van der Waals surface area contributed by atoms with Gasteiger partial charge in [0, 0.05) is 34.7 Å². The predicted octanol–water partition coefficient (Wildman–Crippen LogP) is 4.47. The van der Waals surface area contributed by atoms with E-state index in [0.29, 0.717) is 21.7 Å². The number of rotatable bonds is 7. The van der Waals surface area contributed by atoms with Crippen LogP contribution in [0.1, 0.15) is 22.8 Å². The van der Waals surface area contributed by atoms with Crippen LogP contribution in [-0.4, -0.2) is 23.0 Å². The number of nitrogens with zero attached hydrogens (tertiary/aromatic N) is 2. The highest BCUT2D eigenvalue weighted by molar-refractivity contribution is 7.99. The van der Waals surface area contributed by atoms with Crippen molar-refractivity contribution in [2.75, 3.05) is 5.32 Å². The molecule has 0 atom stereocenters. The lowest BCUT2D eigenvalue weighted by Gasteiger charge is -2.05. The van der Waals surface area contributed by atoms with Crippen molar-refractivity contribution in [1.82, 2.24) is 5.43 Å². The standard InChI is InChI=1S/C22H18N4O4S/c1-15(27)24-18-10-8-17(9-11-18)22(28)25-23-14-16-7-12-21(20(13-16)26(29)30)31-19-5-3-2-4-6-19/h2-14H,1H3,(H,24,27)(H,25,28)/b23-14+. The van der Waals surface area contributed by atoms with Gasteiger partial charge in [-0.3, -0.25) is 19.7 Å². The van der Waals surface area contributed by atoms with Crippen molar-refractivity contribution < 1.29 is 14.5 Å². The summed E-state index contributed by atoms with van der Waals surface area (Å²) < 4.78 is 0. The summed E-state index contributed by atoms with van der Waals surface area (Å²) in [6, 6.07) is 20.4. The van der Waals surface area contributed by atoms with Crippen LogP contribution in [0, 0.1) is 10.1 Å². The van der Waals surface area contributed by atoms with Crippen LogP contribution in [-0.2, 0) is 4.79 Å². The highest BCUT2D eigenvalue weighted by atomic mass is 32.2. The van der Waals surface area contributed by atoms with Crippen molar-refractivity contribution in [2.24, 2.45) is 5.10 Å². The van der Waals surface area contributed by atoms with Crippen molar-refractivity contribution in [2.45, 2.75) is 16.7 Å². The van der Waals surface area contributed by atoms with Crippen LogP contribution in [0.15, 0.2) is 87.7 Å². The smallest absolute Gasteiger partial charge is 0.283 e. The Morgan fingerprint density at radius 2 is 1.74 bits per heavy atom. The summed E-state index contributed by atoms with van der Waals surface area (Å²) in [5.41, 5.74) is 3.74. The number of amides is 2. The second kappa shape index (κ2) is 10.2. The average molecular weight is 434 g/mol. The van der Waals surface area contributed by atoms with Crippen LogP contribution < -0.4 is 10.7 Å². The van der Waals surface area contributed by atoms with E-state index in [9.17, 15) is 19.7 Å². The van der Waals surface area contributed by atoms with E-state index in [-0.39, 0.29) is 11.6 Å². The molecule has 156 valence electrons. The van der Waals surface area contributed by atoms with Gasteiger partial charge in [-0.25, -0.2) is 5.43 Å². The van der Waals surface area contributed by atoms with Crippen LogP contribution in [0.2, 0.25) is 0 Å². The van der Waals surface area contributed by atoms with Crippen LogP contribution >= 0.6 is 11.8 Å². The Labute approximate surface area is 182 Å². The topological polar surface area (TPSA) is 114 Å². The molecule has 31 heavy (non-hydrogen) atoms. The van der Waals surface area contributed by atoms with E-state index < -0.39 is 10.8 Å². The Morgan fingerprint density at radius 3 is 2.39 bits per heavy atom. The summed E-state index contributed by atoms with van der Waals surface area (Å²) >= 11 is 1.30. The van der Waals surface area contributed by atoms with Gasteiger partial charge in [0.05, 0.1) is 16.0 Å². The first-order valence-electron chi connectivity index (χ1n) is 9.15. The minimum Gasteiger partial charge on any atom is -0.326 e. The summed E-state index contributed by atoms with van der Waals surface area (Å²) in [6.45, 7) is 1.40. The first-order chi connectivity index (χ1) is 14.9. The van der Waals surface area contributed by atoms with Gasteiger partial charge in [0.15, 0.2) is 0 Å². The first kappa shape index (κ1) is 21.7. The lowest BCUT2D eigenvalue weighted by Crippen LogP contribution is -2.17. The van der Waals surface area contributed by atoms with Crippen LogP contribution in [0.5, 0.6) is 0 Å². The van der Waals surface area contributed by atoms with Crippen LogP contribution in [0.3, 0.4) is 0 Å². The summed E-state index contributed by atoms with van der Waals surface area (Å²) in [4.78, 5) is 35.6. The largest absolute Gasteiger partial charge is 0.326 e. The zero-order valence-corrected chi connectivity index (χ0v) is 17.3. The second-order valence-corrected chi connectivity index (χ2v) is 7.47. The van der Waals surface area contributed by atoms with E-state index in [1.165, 1.54) is 31.0 Å². The molecule has 3 aromatic rings. The maximum absolute atomic E-state index is 12.2. The van der Waals surface area contributed by atoms with Crippen molar-refractivity contribution in [1.29, 1.82) is 0 Å². The molecule has 8 nitrogen and oxygen atoms in total. The summed E-state index contributed by atoms with van der Waals surface area (Å²) in [7, 11) is 0. The van der Waals surface area contributed by atoms with Crippen molar-refractivity contribution in [3.8, 4) is 0 Å². The van der Waals surface area contributed by atoms with Gasteiger partial charge >= 0.3 is 0 Å². The molecule has 0 bridgehead atoms. The van der Waals surface area contributed by atoms with Gasteiger partial charge in [-0.2, -0.15) is 5.10 Å². The third kappa shape index (κ3) is 6.25. The van der Waals surface area contributed by atoms with E-state index in [1.54, 1.807) is 36.4 Å². The number of benzene rings is 3. The third-order valence-electron chi connectivity index (χ3n) is 4.00. The Morgan fingerprint density at radius 1 is 1.03 bits per heavy atom. The van der Waals surface area contributed by atoms with Crippen molar-refractivity contribution in [3.05, 3.63) is 94.0 Å². The number of hydrazone groups is 1. The summed E-state index contributed by atoms with van der Waals surface area (Å²) in [6.07, 6.45) is 1.34. The van der Waals surface area contributed by atoms with E-state index in [0.717, 1.165) is 4.90 Å². The number of hydrogen-bond acceptors (Lipinski definition) is 6. The second-order valence-electron chi connectivity index (χ2n) is 6.36. The van der Waals surface area contributed by atoms with Crippen LogP contribution in [0.25, 0.3) is 0 Å². The monoisotopic (exact) mass is 434 g/mol. The number of carbonyl (C=O) groups is 2. The minimum absolute atomic E-state index is 0.0438. The lowest BCUT2D eigenvalue weighted by molar-refractivity contribution is -0.387. The zero-order chi connectivity index (χ0) is 22.2. The average Bonchev–Trinajstić information content (AvgIpc) is 2.75. The highest BCUT2D eigenvalue weighted by Crippen LogP contribution is 2.34. The quantitative estimate of drug-likeness (QED) is 0.324. The Kier molecular flexibility index (Phi) is 7.13. The predicted molar refractivity (Wildman–Crippen MR) is 119 cm³/mol. The van der Waals surface area contributed by atoms with Gasteiger partial charge in [-0.15, -0.1) is 0 Å². The normalized spacial score (nSPS) is 10.6. The fraction of sp³-hybridized carbons (Fsp3) is 0.0455. The molecule has 0 radical (unpaired) electrons. The number of carbonyl (C=O) groups excluding carboxylic acids is 2. The molecule has 2 N–H and O–H groups in total. The Hall–Kier alpha value is -3.98.